The largest absolute Gasteiger partial charge is 0.299 e. The molecule has 0 unspecified atom stereocenters. The molecule has 0 spiro atoms. The molecular formula is C18H17F2N3. The molecule has 0 radical (unpaired) electrons. The van der Waals surface area contributed by atoms with Crippen LogP contribution in [0.15, 0.2) is 30.8 Å². The number of halogens is 2. The average Bonchev–Trinajstić information content (AvgIpc) is 2.94. The van der Waals surface area contributed by atoms with Crippen molar-refractivity contribution in [3.8, 4) is 11.3 Å². The summed E-state index contributed by atoms with van der Waals surface area (Å²) in [6.45, 7) is 9.83. The molecule has 0 saturated heterocycles. The van der Waals surface area contributed by atoms with Crippen molar-refractivity contribution >= 4 is 11.7 Å². The Labute approximate surface area is 133 Å². The van der Waals surface area contributed by atoms with Crippen molar-refractivity contribution < 1.29 is 8.78 Å². The normalized spacial score (nSPS) is 11.4. The zero-order chi connectivity index (χ0) is 16.7. The van der Waals surface area contributed by atoms with Gasteiger partial charge in [0.15, 0.2) is 5.65 Å². The van der Waals surface area contributed by atoms with E-state index in [1.54, 1.807) is 12.1 Å². The highest BCUT2D eigenvalue weighted by Gasteiger charge is 2.18. The number of pyridine rings is 1. The number of hydrogen-bond donors (Lipinski definition) is 0. The van der Waals surface area contributed by atoms with Gasteiger partial charge in [0.1, 0.15) is 0 Å². The Morgan fingerprint density at radius 2 is 1.87 bits per heavy atom. The van der Waals surface area contributed by atoms with Gasteiger partial charge < -0.3 is 0 Å². The minimum atomic E-state index is -2.69. The highest BCUT2D eigenvalue weighted by Crippen LogP contribution is 2.29. The molecule has 3 aromatic rings. The molecule has 5 heteroatoms. The third-order valence-corrected chi connectivity index (χ3v) is 4.11. The fourth-order valence-corrected chi connectivity index (χ4v) is 2.74. The smallest absolute Gasteiger partial charge is 0.213 e. The van der Waals surface area contributed by atoms with E-state index < -0.39 is 12.2 Å². The van der Waals surface area contributed by atoms with Crippen LogP contribution in [0.4, 0.5) is 8.78 Å². The maximum Gasteiger partial charge on any atom is 0.299 e. The second-order valence-corrected chi connectivity index (χ2v) is 5.62. The van der Waals surface area contributed by atoms with Crippen molar-refractivity contribution in [2.24, 2.45) is 0 Å². The lowest BCUT2D eigenvalue weighted by molar-refractivity contribution is 0.140. The number of alkyl halides is 2. The van der Waals surface area contributed by atoms with Crippen LogP contribution in [0.5, 0.6) is 0 Å². The van der Waals surface area contributed by atoms with Crippen LogP contribution in [0, 0.1) is 20.8 Å². The molecule has 0 bridgehead atoms. The quantitative estimate of drug-likeness (QED) is 0.688. The maximum absolute atomic E-state index is 12.9. The lowest BCUT2D eigenvalue weighted by atomic mass is 9.96. The molecule has 23 heavy (non-hydrogen) atoms. The zero-order valence-corrected chi connectivity index (χ0v) is 13.3. The molecule has 0 aliphatic heterocycles. The summed E-state index contributed by atoms with van der Waals surface area (Å²) < 4.78 is 27.3. The third kappa shape index (κ3) is 2.52. The molecule has 0 aliphatic rings. The van der Waals surface area contributed by atoms with Crippen molar-refractivity contribution in [1.29, 1.82) is 0 Å². The fraction of sp³-hybridized carbons (Fsp3) is 0.222. The second kappa shape index (κ2) is 5.57. The van der Waals surface area contributed by atoms with E-state index in [2.05, 4.69) is 16.7 Å². The van der Waals surface area contributed by atoms with Crippen LogP contribution in [0.1, 0.15) is 34.5 Å². The minimum Gasteiger partial charge on any atom is -0.213 e. The van der Waals surface area contributed by atoms with Gasteiger partial charge in [-0.3, -0.25) is 0 Å². The molecule has 0 aliphatic carbocycles. The van der Waals surface area contributed by atoms with Crippen molar-refractivity contribution in [3.63, 3.8) is 0 Å². The highest BCUT2D eigenvalue weighted by atomic mass is 19.3. The van der Waals surface area contributed by atoms with Crippen molar-refractivity contribution in [2.75, 3.05) is 0 Å². The van der Waals surface area contributed by atoms with Crippen molar-refractivity contribution in [1.82, 2.24) is 14.6 Å². The third-order valence-electron chi connectivity index (χ3n) is 4.11. The monoisotopic (exact) mass is 313 g/mol. The minimum absolute atomic E-state index is 0.416. The standard InChI is InChI=1S/C18H17F2N3/c1-5-13-9-14(8-11(3)12(13)4)16-10(2)6-7-15-21-18(17(19)20)22-23(15)16/h5-9,17H,1H2,2-4H3. The van der Waals surface area contributed by atoms with Gasteiger partial charge in [-0.15, -0.1) is 5.10 Å². The maximum atomic E-state index is 12.9. The number of hydrogen-bond acceptors (Lipinski definition) is 2. The fourth-order valence-electron chi connectivity index (χ4n) is 2.74. The van der Waals surface area contributed by atoms with Crippen LogP contribution in [0.2, 0.25) is 0 Å². The Bertz CT molecular complexity index is 910. The molecule has 118 valence electrons. The van der Waals surface area contributed by atoms with E-state index >= 15 is 0 Å². The van der Waals surface area contributed by atoms with Gasteiger partial charge in [-0.2, -0.15) is 0 Å². The summed E-state index contributed by atoms with van der Waals surface area (Å²) in [7, 11) is 0. The molecule has 3 rings (SSSR count). The molecule has 0 atom stereocenters. The summed E-state index contributed by atoms with van der Waals surface area (Å²) >= 11 is 0. The van der Waals surface area contributed by atoms with Crippen LogP contribution < -0.4 is 0 Å². The Kier molecular flexibility index (Phi) is 3.72. The Morgan fingerprint density at radius 3 is 2.52 bits per heavy atom. The van der Waals surface area contributed by atoms with Gasteiger partial charge in [-0.05, 0) is 61.2 Å². The average molecular weight is 313 g/mol. The SMILES string of the molecule is C=Cc1cc(-c2c(C)ccc3nc(C(F)F)nn23)cc(C)c1C. The van der Waals surface area contributed by atoms with Gasteiger partial charge in [0.05, 0.1) is 5.69 Å². The zero-order valence-electron chi connectivity index (χ0n) is 13.3. The highest BCUT2D eigenvalue weighted by molar-refractivity contribution is 5.71. The van der Waals surface area contributed by atoms with E-state index in [0.717, 1.165) is 33.5 Å². The van der Waals surface area contributed by atoms with Gasteiger partial charge in [-0.1, -0.05) is 18.7 Å². The molecular weight excluding hydrogens is 296 g/mol. The molecule has 0 amide bonds. The van der Waals surface area contributed by atoms with E-state index in [1.807, 2.05) is 39.0 Å². The summed E-state index contributed by atoms with van der Waals surface area (Å²) in [5.41, 5.74) is 6.33. The molecule has 3 nitrogen and oxygen atoms in total. The van der Waals surface area contributed by atoms with E-state index in [-0.39, 0.29) is 0 Å². The van der Waals surface area contributed by atoms with Crippen LogP contribution in [-0.2, 0) is 0 Å². The number of benzene rings is 1. The Balaban J connectivity index is 2.33. The summed E-state index contributed by atoms with van der Waals surface area (Å²) in [6, 6.07) is 7.61. The molecule has 2 heterocycles. The molecule has 0 saturated carbocycles. The summed E-state index contributed by atoms with van der Waals surface area (Å²) in [6.07, 6.45) is -0.890. The van der Waals surface area contributed by atoms with Gasteiger partial charge in [0.25, 0.3) is 6.43 Å². The number of nitrogens with zero attached hydrogens (tertiary/aromatic N) is 3. The number of aromatic nitrogens is 3. The summed E-state index contributed by atoms with van der Waals surface area (Å²) in [5.74, 6) is -0.454. The van der Waals surface area contributed by atoms with Gasteiger partial charge in [0, 0.05) is 5.56 Å². The van der Waals surface area contributed by atoms with Crippen LogP contribution >= 0.6 is 0 Å². The molecule has 0 N–H and O–H groups in total. The van der Waals surface area contributed by atoms with Gasteiger partial charge in [-0.25, -0.2) is 18.3 Å². The summed E-state index contributed by atoms with van der Waals surface area (Å²) in [4.78, 5) is 3.90. The van der Waals surface area contributed by atoms with E-state index in [9.17, 15) is 8.78 Å². The van der Waals surface area contributed by atoms with Gasteiger partial charge in [0.2, 0.25) is 5.82 Å². The van der Waals surface area contributed by atoms with Crippen molar-refractivity contribution in [2.45, 2.75) is 27.2 Å². The number of rotatable bonds is 3. The van der Waals surface area contributed by atoms with E-state index in [0.29, 0.717) is 5.65 Å². The number of fused-ring (bicyclic) bond motifs is 1. The predicted molar refractivity (Wildman–Crippen MR) is 87.7 cm³/mol. The predicted octanol–water partition coefficient (Wildman–Crippen LogP) is 4.90. The first-order chi connectivity index (χ1) is 10.9. The molecule has 1 aromatic carbocycles. The Hall–Kier alpha value is -2.56. The topological polar surface area (TPSA) is 30.2 Å². The molecule has 0 fully saturated rings. The first-order valence-corrected chi connectivity index (χ1v) is 7.31. The van der Waals surface area contributed by atoms with Crippen LogP contribution in [0.3, 0.4) is 0 Å². The first kappa shape index (κ1) is 15.3. The Morgan fingerprint density at radius 1 is 1.13 bits per heavy atom. The van der Waals surface area contributed by atoms with Gasteiger partial charge >= 0.3 is 0 Å². The second-order valence-electron chi connectivity index (χ2n) is 5.62. The van der Waals surface area contributed by atoms with Crippen LogP contribution in [-0.4, -0.2) is 14.6 Å². The lowest BCUT2D eigenvalue weighted by Crippen LogP contribution is -1.99. The van der Waals surface area contributed by atoms with E-state index in [4.69, 9.17) is 0 Å². The lowest BCUT2D eigenvalue weighted by Gasteiger charge is -2.13. The summed E-state index contributed by atoms with van der Waals surface area (Å²) in [5, 5.41) is 3.99. The van der Waals surface area contributed by atoms with E-state index in [1.165, 1.54) is 4.52 Å². The van der Waals surface area contributed by atoms with Crippen LogP contribution in [0.25, 0.3) is 23.0 Å². The number of aryl methyl sites for hydroxylation is 2. The first-order valence-electron chi connectivity index (χ1n) is 7.31. The van der Waals surface area contributed by atoms with Crippen molar-refractivity contribution in [3.05, 3.63) is 58.9 Å². The molecule has 2 aromatic heterocycles.